The molecule has 1 aliphatic heterocycles. The molecule has 0 bridgehead atoms. The van der Waals surface area contributed by atoms with Crippen LogP contribution >= 0.6 is 0 Å². The summed E-state index contributed by atoms with van der Waals surface area (Å²) in [6.07, 6.45) is -8.50. The summed E-state index contributed by atoms with van der Waals surface area (Å²) in [5, 5.41) is 3.13. The summed E-state index contributed by atoms with van der Waals surface area (Å²) >= 11 is 0. The van der Waals surface area contributed by atoms with Crippen LogP contribution in [0.15, 0.2) is 24.3 Å². The maximum absolute atomic E-state index is 13.4. The van der Waals surface area contributed by atoms with Crippen molar-refractivity contribution in [2.45, 2.75) is 18.6 Å². The number of alkyl halides is 5. The van der Waals surface area contributed by atoms with Gasteiger partial charge in [-0.1, -0.05) is 12.1 Å². The van der Waals surface area contributed by atoms with Crippen LogP contribution in [-0.2, 0) is 0 Å². The number of rotatable bonds is 6. The number of nitrogens with one attached hydrogen (secondary N) is 1. The number of hydrogen-bond acceptors (Lipinski definition) is 3. The highest BCUT2D eigenvalue weighted by molar-refractivity contribution is 5.31. The molecule has 1 N–H and O–H groups in total. The summed E-state index contributed by atoms with van der Waals surface area (Å²) < 4.78 is 67.6. The molecule has 1 heterocycles. The van der Waals surface area contributed by atoms with Gasteiger partial charge in [-0.05, 0) is 17.7 Å². The van der Waals surface area contributed by atoms with Crippen LogP contribution in [-0.4, -0.2) is 50.3 Å². The highest BCUT2D eigenvalue weighted by atomic mass is 19.3. The lowest BCUT2D eigenvalue weighted by atomic mass is 10.1. The molecule has 1 fully saturated rings. The van der Waals surface area contributed by atoms with Gasteiger partial charge in [0, 0.05) is 26.2 Å². The van der Waals surface area contributed by atoms with Crippen LogP contribution < -0.4 is 10.1 Å². The van der Waals surface area contributed by atoms with Gasteiger partial charge in [0.25, 0.3) is 0 Å². The molecule has 1 aliphatic rings. The molecule has 0 spiro atoms. The number of piperazine rings is 1. The zero-order valence-corrected chi connectivity index (χ0v) is 11.7. The second-order valence-electron chi connectivity index (χ2n) is 4.99. The van der Waals surface area contributed by atoms with Gasteiger partial charge in [-0.2, -0.15) is 17.6 Å². The third kappa shape index (κ3) is 4.07. The molecule has 0 radical (unpaired) electrons. The molecular weight excluding hydrogens is 307 g/mol. The number of halogens is 5. The maximum Gasteiger partial charge on any atom is 0.461 e. The van der Waals surface area contributed by atoms with Gasteiger partial charge < -0.3 is 10.1 Å². The molecule has 8 heteroatoms. The predicted molar refractivity (Wildman–Crippen MR) is 71.2 cm³/mol. The van der Waals surface area contributed by atoms with Crippen LogP contribution in [0.25, 0.3) is 0 Å². The van der Waals surface area contributed by atoms with Crippen LogP contribution in [0, 0.1) is 0 Å². The summed E-state index contributed by atoms with van der Waals surface area (Å²) in [7, 11) is 0. The van der Waals surface area contributed by atoms with E-state index in [0.717, 1.165) is 6.07 Å². The van der Waals surface area contributed by atoms with Crippen molar-refractivity contribution in [2.24, 2.45) is 0 Å². The predicted octanol–water partition coefficient (Wildman–Crippen LogP) is 2.84. The Labute approximate surface area is 125 Å². The SMILES string of the molecule is FC[C@@H](c1cccc(OC(F)(F)C(F)F)c1)N1CCNCC1. The monoisotopic (exact) mass is 324 g/mol. The van der Waals surface area contributed by atoms with E-state index >= 15 is 0 Å². The third-order valence-corrected chi connectivity index (χ3v) is 3.49. The van der Waals surface area contributed by atoms with Crippen molar-refractivity contribution in [2.75, 3.05) is 32.9 Å². The molecule has 124 valence electrons. The molecular formula is C14H17F5N2O. The normalized spacial score (nSPS) is 18.5. The van der Waals surface area contributed by atoms with Crippen molar-refractivity contribution in [3.8, 4) is 5.75 Å². The van der Waals surface area contributed by atoms with E-state index in [4.69, 9.17) is 0 Å². The van der Waals surface area contributed by atoms with Gasteiger partial charge in [-0.15, -0.1) is 0 Å². The van der Waals surface area contributed by atoms with Crippen molar-refractivity contribution in [1.29, 1.82) is 0 Å². The fourth-order valence-corrected chi connectivity index (χ4v) is 2.38. The van der Waals surface area contributed by atoms with Crippen molar-refractivity contribution >= 4 is 0 Å². The first kappa shape index (κ1) is 17.0. The minimum absolute atomic E-state index is 0.406. The van der Waals surface area contributed by atoms with E-state index in [0.29, 0.717) is 31.7 Å². The molecule has 3 nitrogen and oxygen atoms in total. The highest BCUT2D eigenvalue weighted by Gasteiger charge is 2.44. The topological polar surface area (TPSA) is 24.5 Å². The Morgan fingerprint density at radius 2 is 1.91 bits per heavy atom. The standard InChI is InChI=1S/C14H17F5N2O/c15-9-12(21-6-4-20-5-7-21)10-2-1-3-11(8-10)22-14(18,19)13(16)17/h1-3,8,12-13,20H,4-7,9H2/t12-/m0/s1. The van der Waals surface area contributed by atoms with E-state index in [1.807, 2.05) is 4.90 Å². The lowest BCUT2D eigenvalue weighted by Crippen LogP contribution is -2.45. The van der Waals surface area contributed by atoms with Gasteiger partial charge in [0.15, 0.2) is 0 Å². The van der Waals surface area contributed by atoms with Crippen LogP contribution in [0.2, 0.25) is 0 Å². The first-order valence-corrected chi connectivity index (χ1v) is 6.89. The summed E-state index contributed by atoms with van der Waals surface area (Å²) in [4.78, 5) is 1.88. The summed E-state index contributed by atoms with van der Waals surface area (Å²) in [5.74, 6) is -0.406. The molecule has 0 aromatic heterocycles. The second-order valence-corrected chi connectivity index (χ2v) is 4.99. The first-order chi connectivity index (χ1) is 10.4. The van der Waals surface area contributed by atoms with Crippen LogP contribution in [0.4, 0.5) is 22.0 Å². The molecule has 2 rings (SSSR count). The molecule has 22 heavy (non-hydrogen) atoms. The van der Waals surface area contributed by atoms with Gasteiger partial charge in [-0.25, -0.2) is 4.39 Å². The minimum Gasteiger partial charge on any atom is -0.428 e. The van der Waals surface area contributed by atoms with Crippen molar-refractivity contribution in [1.82, 2.24) is 10.2 Å². The number of benzene rings is 1. The molecule has 0 amide bonds. The molecule has 0 unspecified atom stereocenters. The number of ether oxygens (including phenoxy) is 1. The lowest BCUT2D eigenvalue weighted by molar-refractivity contribution is -0.253. The minimum atomic E-state index is -4.57. The molecule has 1 aromatic carbocycles. The highest BCUT2D eigenvalue weighted by Crippen LogP contribution is 2.30. The Bertz CT molecular complexity index is 480. The Morgan fingerprint density at radius 1 is 1.23 bits per heavy atom. The molecule has 0 saturated carbocycles. The van der Waals surface area contributed by atoms with E-state index in [2.05, 4.69) is 10.1 Å². The van der Waals surface area contributed by atoms with Gasteiger partial charge >= 0.3 is 12.5 Å². The smallest absolute Gasteiger partial charge is 0.428 e. The molecule has 0 aliphatic carbocycles. The summed E-state index contributed by atoms with van der Waals surface area (Å²) in [6.45, 7) is 1.95. The second kappa shape index (κ2) is 7.23. The zero-order chi connectivity index (χ0) is 16.2. The third-order valence-electron chi connectivity index (χ3n) is 3.49. The van der Waals surface area contributed by atoms with Crippen LogP contribution in [0.5, 0.6) is 5.75 Å². The van der Waals surface area contributed by atoms with Crippen molar-refractivity contribution in [3.63, 3.8) is 0 Å². The Morgan fingerprint density at radius 3 is 2.50 bits per heavy atom. The van der Waals surface area contributed by atoms with E-state index in [9.17, 15) is 22.0 Å². The molecule has 1 aromatic rings. The average Bonchev–Trinajstić information content (AvgIpc) is 2.49. The summed E-state index contributed by atoms with van der Waals surface area (Å²) in [6, 6.07) is 4.68. The Kier molecular flexibility index (Phi) is 5.57. The van der Waals surface area contributed by atoms with E-state index in [1.54, 1.807) is 6.07 Å². The van der Waals surface area contributed by atoms with Gasteiger partial charge in [-0.3, -0.25) is 4.90 Å². The van der Waals surface area contributed by atoms with E-state index in [-0.39, 0.29) is 0 Å². The largest absolute Gasteiger partial charge is 0.461 e. The van der Waals surface area contributed by atoms with Crippen LogP contribution in [0.1, 0.15) is 11.6 Å². The fraction of sp³-hybridized carbons (Fsp3) is 0.571. The quantitative estimate of drug-likeness (QED) is 0.815. The van der Waals surface area contributed by atoms with Gasteiger partial charge in [0.2, 0.25) is 0 Å². The Hall–Kier alpha value is -1.41. The van der Waals surface area contributed by atoms with E-state index < -0.39 is 31.0 Å². The lowest BCUT2D eigenvalue weighted by Gasteiger charge is -2.33. The summed E-state index contributed by atoms with van der Waals surface area (Å²) in [5.41, 5.74) is 0.423. The zero-order valence-electron chi connectivity index (χ0n) is 11.7. The maximum atomic E-state index is 13.4. The number of nitrogens with zero attached hydrogens (tertiary/aromatic N) is 1. The Balaban J connectivity index is 2.15. The molecule has 1 saturated heterocycles. The van der Waals surface area contributed by atoms with E-state index in [1.165, 1.54) is 12.1 Å². The van der Waals surface area contributed by atoms with Crippen molar-refractivity contribution in [3.05, 3.63) is 29.8 Å². The van der Waals surface area contributed by atoms with Crippen LogP contribution in [0.3, 0.4) is 0 Å². The van der Waals surface area contributed by atoms with Crippen molar-refractivity contribution < 1.29 is 26.7 Å². The van der Waals surface area contributed by atoms with Gasteiger partial charge in [0.05, 0.1) is 6.04 Å². The fourth-order valence-electron chi connectivity index (χ4n) is 2.38. The number of hydrogen-bond donors (Lipinski definition) is 1. The average molecular weight is 324 g/mol. The van der Waals surface area contributed by atoms with Gasteiger partial charge in [0.1, 0.15) is 12.4 Å². The first-order valence-electron chi connectivity index (χ1n) is 6.89. The molecule has 1 atom stereocenters.